The third-order valence-corrected chi connectivity index (χ3v) is 9.40. The van der Waals surface area contributed by atoms with Crippen LogP contribution in [0.1, 0.15) is 5.56 Å². The lowest BCUT2D eigenvalue weighted by Gasteiger charge is -2.20. The molecule has 2 heteroatoms. The highest BCUT2D eigenvalue weighted by Crippen LogP contribution is 2.58. The topological polar surface area (TPSA) is 0 Å². The van der Waals surface area contributed by atoms with Gasteiger partial charge in [0.1, 0.15) is 0 Å². The second-order valence-electron chi connectivity index (χ2n) is 10.5. The lowest BCUT2D eigenvalue weighted by Crippen LogP contribution is -2.01. The first-order valence-electron chi connectivity index (χ1n) is 13.1. The third kappa shape index (κ3) is 3.22. The lowest BCUT2D eigenvalue weighted by molar-refractivity contribution is 1.52. The SMILES string of the molecule is C=c1cc(C)c2ccc3c4c(ccc1c24)-c1c-3c(-c2ccc(Br)cc2)c2ccccc2c1-c1ccc(Br)cc1. The van der Waals surface area contributed by atoms with Crippen LogP contribution in [0.15, 0.2) is 112 Å². The van der Waals surface area contributed by atoms with Crippen LogP contribution in [-0.4, -0.2) is 0 Å². The second-order valence-corrected chi connectivity index (χ2v) is 12.3. The number of fused-ring (bicyclic) bond motifs is 4. The Labute approximate surface area is 243 Å². The van der Waals surface area contributed by atoms with Gasteiger partial charge in [-0.2, -0.15) is 0 Å². The van der Waals surface area contributed by atoms with E-state index in [4.69, 9.17) is 0 Å². The minimum atomic E-state index is 1.08. The molecule has 0 saturated carbocycles. The molecule has 0 heterocycles. The molecule has 0 nitrogen and oxygen atoms in total. The van der Waals surface area contributed by atoms with Crippen LogP contribution < -0.4 is 5.22 Å². The molecule has 184 valence electrons. The van der Waals surface area contributed by atoms with Gasteiger partial charge in [-0.25, -0.2) is 0 Å². The molecule has 39 heavy (non-hydrogen) atoms. The van der Waals surface area contributed by atoms with Crippen LogP contribution in [0, 0.1) is 6.92 Å². The minimum Gasteiger partial charge on any atom is -0.0911 e. The predicted octanol–water partition coefficient (Wildman–Crippen LogP) is 11.1. The van der Waals surface area contributed by atoms with Crippen LogP contribution in [-0.2, 0) is 0 Å². The van der Waals surface area contributed by atoms with Gasteiger partial charge >= 0.3 is 0 Å². The number of hydrogen-bond donors (Lipinski definition) is 0. The summed E-state index contributed by atoms with van der Waals surface area (Å²) in [5.74, 6) is 0. The monoisotopic (exact) mass is 624 g/mol. The summed E-state index contributed by atoms with van der Waals surface area (Å²) in [7, 11) is 0. The maximum atomic E-state index is 4.42. The van der Waals surface area contributed by atoms with Crippen molar-refractivity contribution in [2.24, 2.45) is 0 Å². The summed E-state index contributed by atoms with van der Waals surface area (Å²) in [4.78, 5) is 0. The molecule has 0 aliphatic heterocycles. The van der Waals surface area contributed by atoms with E-state index in [-0.39, 0.29) is 0 Å². The molecule has 7 aromatic rings. The summed E-state index contributed by atoms with van der Waals surface area (Å²) >= 11 is 7.30. The van der Waals surface area contributed by atoms with E-state index >= 15 is 0 Å². The van der Waals surface area contributed by atoms with Crippen molar-refractivity contribution in [3.05, 3.63) is 123 Å². The average molecular weight is 626 g/mol. The molecule has 0 radical (unpaired) electrons. The van der Waals surface area contributed by atoms with Crippen LogP contribution in [0.3, 0.4) is 0 Å². The number of hydrogen-bond acceptors (Lipinski definition) is 0. The number of rotatable bonds is 2. The quantitative estimate of drug-likeness (QED) is 0.179. The zero-order chi connectivity index (χ0) is 26.4. The van der Waals surface area contributed by atoms with Gasteiger partial charge in [-0.05, 0) is 119 Å². The van der Waals surface area contributed by atoms with Crippen molar-refractivity contribution in [1.82, 2.24) is 0 Å². The summed E-state index contributed by atoms with van der Waals surface area (Å²) in [5.41, 5.74) is 11.6. The van der Waals surface area contributed by atoms with Crippen molar-refractivity contribution in [3.8, 4) is 44.5 Å². The van der Waals surface area contributed by atoms with E-state index in [0.29, 0.717) is 0 Å². The fourth-order valence-corrected chi connectivity index (χ4v) is 7.26. The van der Waals surface area contributed by atoms with Crippen LogP contribution in [0.4, 0.5) is 0 Å². The van der Waals surface area contributed by atoms with Gasteiger partial charge in [0.25, 0.3) is 0 Å². The van der Waals surface area contributed by atoms with E-state index in [1.165, 1.54) is 82.4 Å². The Bertz CT molecular complexity index is 2090. The molecule has 0 fully saturated rings. The van der Waals surface area contributed by atoms with Crippen LogP contribution in [0.25, 0.3) is 83.4 Å². The van der Waals surface area contributed by atoms with E-state index in [1.54, 1.807) is 0 Å². The van der Waals surface area contributed by atoms with Crippen molar-refractivity contribution in [2.45, 2.75) is 6.92 Å². The van der Waals surface area contributed by atoms with Gasteiger partial charge in [0.15, 0.2) is 0 Å². The maximum absolute atomic E-state index is 4.42. The Hall–Kier alpha value is -3.72. The maximum Gasteiger partial charge on any atom is 0.0175 e. The first kappa shape index (κ1) is 23.2. The van der Waals surface area contributed by atoms with Gasteiger partial charge < -0.3 is 0 Å². The molecule has 0 amide bonds. The van der Waals surface area contributed by atoms with E-state index in [9.17, 15) is 0 Å². The molecule has 0 spiro atoms. The van der Waals surface area contributed by atoms with Crippen molar-refractivity contribution in [3.63, 3.8) is 0 Å². The fraction of sp³-hybridized carbons (Fsp3) is 0.0270. The summed E-state index contributed by atoms with van der Waals surface area (Å²) in [5, 5.41) is 8.86. The summed E-state index contributed by atoms with van der Waals surface area (Å²) in [6.45, 7) is 6.63. The number of benzene rings is 7. The normalized spacial score (nSPS) is 12.1. The Morgan fingerprint density at radius 2 is 0.974 bits per heavy atom. The Balaban J connectivity index is 1.64. The van der Waals surface area contributed by atoms with Gasteiger partial charge in [0.05, 0.1) is 0 Å². The molecule has 0 bridgehead atoms. The Morgan fingerprint density at radius 1 is 0.487 bits per heavy atom. The van der Waals surface area contributed by atoms with E-state index < -0.39 is 0 Å². The molecule has 1 aliphatic rings. The molecule has 0 atom stereocenters. The average Bonchev–Trinajstić information content (AvgIpc) is 3.28. The number of aryl methyl sites for hydroxylation is 1. The second kappa shape index (κ2) is 8.39. The molecular formula is C37H22Br2. The van der Waals surface area contributed by atoms with Crippen molar-refractivity contribution < 1.29 is 0 Å². The van der Waals surface area contributed by atoms with Crippen LogP contribution in [0.2, 0.25) is 0 Å². The predicted molar refractivity (Wildman–Crippen MR) is 175 cm³/mol. The Morgan fingerprint density at radius 3 is 1.49 bits per heavy atom. The minimum absolute atomic E-state index is 1.08. The van der Waals surface area contributed by atoms with E-state index in [2.05, 4.69) is 148 Å². The largest absolute Gasteiger partial charge is 0.0911 e. The van der Waals surface area contributed by atoms with Gasteiger partial charge in [0.2, 0.25) is 0 Å². The molecule has 0 saturated heterocycles. The summed E-state index contributed by atoms with van der Waals surface area (Å²) < 4.78 is 2.17. The molecule has 0 N–H and O–H groups in total. The zero-order valence-corrected chi connectivity index (χ0v) is 24.4. The standard InChI is InChI=1S/C37H22Br2/c1-20-19-21(2)27-16-18-31-35-30(17-15-26(20)34(27)35)36-32(22-7-11-24(38)12-8-22)28-5-3-4-6-29(28)33(37(31)36)23-9-13-25(39)14-10-23/h3-19H,1H2,2H3. The third-order valence-electron chi connectivity index (χ3n) is 8.34. The molecule has 8 rings (SSSR count). The highest BCUT2D eigenvalue weighted by atomic mass is 79.9. The smallest absolute Gasteiger partial charge is 0.0175 e. The van der Waals surface area contributed by atoms with Crippen molar-refractivity contribution in [2.75, 3.05) is 0 Å². The highest BCUT2D eigenvalue weighted by Gasteiger charge is 2.31. The first-order chi connectivity index (χ1) is 19.0. The van der Waals surface area contributed by atoms with E-state index in [1.807, 2.05) is 0 Å². The first-order valence-corrected chi connectivity index (χ1v) is 14.7. The van der Waals surface area contributed by atoms with E-state index in [0.717, 1.165) is 14.2 Å². The van der Waals surface area contributed by atoms with Crippen LogP contribution >= 0.6 is 31.9 Å². The summed E-state index contributed by atoms with van der Waals surface area (Å²) in [6.07, 6.45) is 0. The zero-order valence-electron chi connectivity index (χ0n) is 21.3. The van der Waals surface area contributed by atoms with Gasteiger partial charge in [-0.3, -0.25) is 0 Å². The Kier molecular flexibility index (Phi) is 4.99. The highest BCUT2D eigenvalue weighted by molar-refractivity contribution is 9.10. The molecule has 7 aromatic carbocycles. The summed E-state index contributed by atoms with van der Waals surface area (Å²) in [6, 6.07) is 37.9. The molecule has 1 aliphatic carbocycles. The van der Waals surface area contributed by atoms with Crippen LogP contribution in [0.5, 0.6) is 0 Å². The van der Waals surface area contributed by atoms with Crippen molar-refractivity contribution >= 4 is 70.8 Å². The van der Waals surface area contributed by atoms with Gasteiger partial charge in [0, 0.05) is 8.95 Å². The van der Waals surface area contributed by atoms with Gasteiger partial charge in [-0.15, -0.1) is 0 Å². The molecule has 0 aromatic heterocycles. The number of halogens is 2. The van der Waals surface area contributed by atoms with Gasteiger partial charge in [-0.1, -0.05) is 117 Å². The molecule has 0 unspecified atom stereocenters. The molecular weight excluding hydrogens is 604 g/mol. The van der Waals surface area contributed by atoms with Crippen molar-refractivity contribution in [1.29, 1.82) is 0 Å². The fourth-order valence-electron chi connectivity index (χ4n) is 6.74. The lowest BCUT2D eigenvalue weighted by atomic mass is 9.82.